The van der Waals surface area contributed by atoms with E-state index in [1.54, 1.807) is 0 Å². The average molecular weight is 190 g/mol. The molecule has 0 amide bonds. The van der Waals surface area contributed by atoms with Crippen molar-refractivity contribution in [3.63, 3.8) is 0 Å². The Bertz CT molecular complexity index is 278. The lowest BCUT2D eigenvalue weighted by molar-refractivity contribution is -0.107. The summed E-state index contributed by atoms with van der Waals surface area (Å²) < 4.78 is 0. The maximum atomic E-state index is 10.2. The summed E-state index contributed by atoms with van der Waals surface area (Å²) in [5.41, 5.74) is 2.86. The highest BCUT2D eigenvalue weighted by molar-refractivity contribution is 5.49. The summed E-state index contributed by atoms with van der Waals surface area (Å²) in [4.78, 5) is 10.2. The molecule has 0 atom stereocenters. The van der Waals surface area contributed by atoms with Crippen molar-refractivity contribution < 1.29 is 4.79 Å². The molecular formula is C13H18O. The molecular weight excluding hydrogens is 172 g/mol. The quantitative estimate of drug-likeness (QED) is 0.497. The first-order valence-corrected chi connectivity index (χ1v) is 5.39. The van der Waals surface area contributed by atoms with Crippen molar-refractivity contribution in [2.24, 2.45) is 0 Å². The van der Waals surface area contributed by atoms with Gasteiger partial charge in [0.05, 0.1) is 0 Å². The Kier molecular flexibility index (Phi) is 4.98. The van der Waals surface area contributed by atoms with Gasteiger partial charge in [0.2, 0.25) is 0 Å². The van der Waals surface area contributed by atoms with E-state index in [2.05, 4.69) is 31.2 Å². The summed E-state index contributed by atoms with van der Waals surface area (Å²) in [6.07, 6.45) is 6.03. The number of hydrogen-bond acceptors (Lipinski definition) is 1. The molecule has 0 fully saturated rings. The minimum atomic E-state index is 0.681. The first-order valence-electron chi connectivity index (χ1n) is 5.39. The zero-order valence-corrected chi connectivity index (χ0v) is 8.83. The van der Waals surface area contributed by atoms with Crippen molar-refractivity contribution in [2.75, 3.05) is 0 Å². The molecule has 0 spiro atoms. The van der Waals surface area contributed by atoms with Gasteiger partial charge in [-0.1, -0.05) is 37.6 Å². The number of carbonyl (C=O) groups is 1. The molecule has 1 heteroatoms. The highest BCUT2D eigenvalue weighted by Gasteiger charge is 1.99. The van der Waals surface area contributed by atoms with Crippen LogP contribution in [0.15, 0.2) is 24.3 Å². The SMILES string of the molecule is CCCc1ccccc1CCCC=O. The predicted molar refractivity (Wildman–Crippen MR) is 59.4 cm³/mol. The first kappa shape index (κ1) is 11.0. The van der Waals surface area contributed by atoms with Crippen LogP contribution in [0.1, 0.15) is 37.3 Å². The van der Waals surface area contributed by atoms with Crippen molar-refractivity contribution in [3.05, 3.63) is 35.4 Å². The summed E-state index contributed by atoms with van der Waals surface area (Å²) in [6, 6.07) is 8.54. The Labute approximate surface area is 86.1 Å². The molecule has 0 saturated heterocycles. The Morgan fingerprint density at radius 3 is 2.36 bits per heavy atom. The number of aldehydes is 1. The van der Waals surface area contributed by atoms with Crippen LogP contribution in [0, 0.1) is 0 Å². The summed E-state index contributed by atoms with van der Waals surface area (Å²) in [6.45, 7) is 2.20. The molecule has 1 nitrogen and oxygen atoms in total. The number of aryl methyl sites for hydroxylation is 2. The van der Waals surface area contributed by atoms with Gasteiger partial charge in [-0.15, -0.1) is 0 Å². The second-order valence-electron chi connectivity index (χ2n) is 3.58. The van der Waals surface area contributed by atoms with E-state index in [1.165, 1.54) is 17.5 Å². The van der Waals surface area contributed by atoms with Crippen LogP contribution in [0.4, 0.5) is 0 Å². The van der Waals surface area contributed by atoms with Crippen molar-refractivity contribution >= 4 is 6.29 Å². The maximum absolute atomic E-state index is 10.2. The van der Waals surface area contributed by atoms with Crippen LogP contribution in [0.25, 0.3) is 0 Å². The highest BCUT2D eigenvalue weighted by atomic mass is 16.1. The van der Waals surface area contributed by atoms with Gasteiger partial charge in [-0.25, -0.2) is 0 Å². The first-order chi connectivity index (χ1) is 6.88. The van der Waals surface area contributed by atoms with Crippen molar-refractivity contribution in [1.29, 1.82) is 0 Å². The highest BCUT2D eigenvalue weighted by Crippen LogP contribution is 2.13. The molecule has 1 rings (SSSR count). The topological polar surface area (TPSA) is 17.1 Å². The molecule has 0 aliphatic rings. The summed E-state index contributed by atoms with van der Waals surface area (Å²) >= 11 is 0. The molecule has 0 aromatic heterocycles. The molecule has 76 valence electrons. The van der Waals surface area contributed by atoms with Crippen LogP contribution in [-0.2, 0) is 17.6 Å². The van der Waals surface area contributed by atoms with E-state index in [1.807, 2.05) is 0 Å². The number of hydrogen-bond donors (Lipinski definition) is 0. The molecule has 0 bridgehead atoms. The second kappa shape index (κ2) is 6.36. The maximum Gasteiger partial charge on any atom is 0.120 e. The summed E-state index contributed by atoms with van der Waals surface area (Å²) in [5, 5.41) is 0. The van der Waals surface area contributed by atoms with Gasteiger partial charge in [-0.2, -0.15) is 0 Å². The van der Waals surface area contributed by atoms with E-state index < -0.39 is 0 Å². The summed E-state index contributed by atoms with van der Waals surface area (Å²) in [7, 11) is 0. The minimum Gasteiger partial charge on any atom is -0.303 e. The fourth-order valence-corrected chi connectivity index (χ4v) is 1.69. The van der Waals surface area contributed by atoms with Gasteiger partial charge in [0.1, 0.15) is 6.29 Å². The van der Waals surface area contributed by atoms with E-state index in [9.17, 15) is 4.79 Å². The van der Waals surface area contributed by atoms with Crippen molar-refractivity contribution in [3.8, 4) is 0 Å². The lowest BCUT2D eigenvalue weighted by Gasteiger charge is -2.07. The third kappa shape index (κ3) is 3.33. The van der Waals surface area contributed by atoms with E-state index in [0.717, 1.165) is 25.5 Å². The smallest absolute Gasteiger partial charge is 0.120 e. The zero-order chi connectivity index (χ0) is 10.2. The molecule has 0 N–H and O–H groups in total. The predicted octanol–water partition coefficient (Wildman–Crippen LogP) is 3.16. The van der Waals surface area contributed by atoms with Crippen LogP contribution in [0.5, 0.6) is 0 Å². The lowest BCUT2D eigenvalue weighted by atomic mass is 9.99. The Balaban J connectivity index is 2.59. The molecule has 0 unspecified atom stereocenters. The number of carbonyl (C=O) groups excluding carboxylic acids is 1. The van der Waals surface area contributed by atoms with Gasteiger partial charge < -0.3 is 4.79 Å². The largest absolute Gasteiger partial charge is 0.303 e. The monoisotopic (exact) mass is 190 g/mol. The Hall–Kier alpha value is -1.11. The zero-order valence-electron chi connectivity index (χ0n) is 8.83. The number of rotatable bonds is 6. The van der Waals surface area contributed by atoms with E-state index in [-0.39, 0.29) is 0 Å². The van der Waals surface area contributed by atoms with Crippen LogP contribution >= 0.6 is 0 Å². The Morgan fingerprint density at radius 2 is 1.79 bits per heavy atom. The summed E-state index contributed by atoms with van der Waals surface area (Å²) in [5.74, 6) is 0. The van der Waals surface area contributed by atoms with E-state index >= 15 is 0 Å². The van der Waals surface area contributed by atoms with Crippen LogP contribution in [0.3, 0.4) is 0 Å². The van der Waals surface area contributed by atoms with Gasteiger partial charge in [-0.05, 0) is 30.4 Å². The molecule has 0 radical (unpaired) electrons. The molecule has 0 heterocycles. The van der Waals surface area contributed by atoms with Gasteiger partial charge in [0, 0.05) is 6.42 Å². The standard InChI is InChI=1S/C13H18O/c1-2-7-12-8-3-4-9-13(12)10-5-6-11-14/h3-4,8-9,11H,2,5-7,10H2,1H3. The number of unbranched alkanes of at least 4 members (excludes halogenated alkanes) is 1. The number of benzene rings is 1. The van der Waals surface area contributed by atoms with Gasteiger partial charge in [-0.3, -0.25) is 0 Å². The molecule has 0 saturated carbocycles. The van der Waals surface area contributed by atoms with E-state index in [0.29, 0.717) is 6.42 Å². The van der Waals surface area contributed by atoms with Crippen LogP contribution in [-0.4, -0.2) is 6.29 Å². The van der Waals surface area contributed by atoms with Crippen molar-refractivity contribution in [1.82, 2.24) is 0 Å². The molecule has 0 aliphatic heterocycles. The lowest BCUT2D eigenvalue weighted by Crippen LogP contribution is -1.94. The van der Waals surface area contributed by atoms with Crippen molar-refractivity contribution in [2.45, 2.75) is 39.0 Å². The Morgan fingerprint density at radius 1 is 1.14 bits per heavy atom. The van der Waals surface area contributed by atoms with Crippen LogP contribution < -0.4 is 0 Å². The minimum absolute atomic E-state index is 0.681. The fourth-order valence-electron chi connectivity index (χ4n) is 1.69. The molecule has 1 aromatic rings. The molecule has 1 aromatic carbocycles. The van der Waals surface area contributed by atoms with Gasteiger partial charge in [0.25, 0.3) is 0 Å². The second-order valence-corrected chi connectivity index (χ2v) is 3.58. The molecule has 14 heavy (non-hydrogen) atoms. The molecule has 0 aliphatic carbocycles. The average Bonchev–Trinajstić information content (AvgIpc) is 2.21. The van der Waals surface area contributed by atoms with Crippen LogP contribution in [0.2, 0.25) is 0 Å². The van der Waals surface area contributed by atoms with Gasteiger partial charge in [0.15, 0.2) is 0 Å². The fraction of sp³-hybridized carbons (Fsp3) is 0.462. The third-order valence-electron chi connectivity index (χ3n) is 2.41. The van der Waals surface area contributed by atoms with E-state index in [4.69, 9.17) is 0 Å². The third-order valence-corrected chi connectivity index (χ3v) is 2.41. The van der Waals surface area contributed by atoms with Gasteiger partial charge >= 0.3 is 0 Å². The normalized spacial score (nSPS) is 10.1.